The van der Waals surface area contributed by atoms with Gasteiger partial charge in [0.05, 0.1) is 5.69 Å². The molecule has 0 aromatic heterocycles. The van der Waals surface area contributed by atoms with Crippen LogP contribution >= 0.6 is 0 Å². The maximum absolute atomic E-state index is 10.2. The number of aliphatic imine (C=N–C) groups is 1. The van der Waals surface area contributed by atoms with Crippen molar-refractivity contribution in [1.82, 2.24) is 4.90 Å². The minimum Gasteiger partial charge on any atom is -0.306 e. The van der Waals surface area contributed by atoms with Crippen LogP contribution in [0.4, 0.5) is 5.69 Å². The van der Waals surface area contributed by atoms with Crippen molar-refractivity contribution in [2.45, 2.75) is 18.8 Å². The summed E-state index contributed by atoms with van der Waals surface area (Å²) in [6.07, 6.45) is 3.96. The van der Waals surface area contributed by atoms with Gasteiger partial charge >= 0.3 is 0 Å². The van der Waals surface area contributed by atoms with Crippen LogP contribution in [0.1, 0.15) is 24.3 Å². The van der Waals surface area contributed by atoms with Crippen molar-refractivity contribution in [1.29, 1.82) is 0 Å². The van der Waals surface area contributed by atoms with Crippen LogP contribution in [0, 0.1) is 0 Å². The molecule has 1 aliphatic heterocycles. The Hall–Kier alpha value is -1.44. The summed E-state index contributed by atoms with van der Waals surface area (Å²) in [5.41, 5.74) is 2.01. The monoisotopic (exact) mass is 216 g/mol. The van der Waals surface area contributed by atoms with Gasteiger partial charge in [-0.25, -0.2) is 4.79 Å². The first kappa shape index (κ1) is 11.1. The Kier molecular flexibility index (Phi) is 3.50. The van der Waals surface area contributed by atoms with Crippen LogP contribution in [0.15, 0.2) is 29.3 Å². The van der Waals surface area contributed by atoms with Gasteiger partial charge in [0.25, 0.3) is 0 Å². The lowest BCUT2D eigenvalue weighted by molar-refractivity contribution is 0.255. The highest BCUT2D eigenvalue weighted by atomic mass is 16.1. The van der Waals surface area contributed by atoms with E-state index in [0.29, 0.717) is 11.6 Å². The predicted molar refractivity (Wildman–Crippen MR) is 63.7 cm³/mol. The van der Waals surface area contributed by atoms with Crippen molar-refractivity contribution in [3.63, 3.8) is 0 Å². The van der Waals surface area contributed by atoms with Crippen LogP contribution in [-0.2, 0) is 4.79 Å². The predicted octanol–water partition coefficient (Wildman–Crippen LogP) is 2.46. The van der Waals surface area contributed by atoms with E-state index < -0.39 is 0 Å². The molecule has 0 unspecified atom stereocenters. The van der Waals surface area contributed by atoms with Gasteiger partial charge in [-0.2, -0.15) is 4.99 Å². The van der Waals surface area contributed by atoms with Crippen molar-refractivity contribution >= 4 is 11.8 Å². The fourth-order valence-corrected chi connectivity index (χ4v) is 2.24. The Bertz CT molecular complexity index is 402. The van der Waals surface area contributed by atoms with Crippen molar-refractivity contribution in [2.24, 2.45) is 4.99 Å². The minimum absolute atomic E-state index is 0.609. The first-order chi connectivity index (χ1) is 7.79. The Balaban J connectivity index is 2.14. The van der Waals surface area contributed by atoms with E-state index in [1.807, 2.05) is 18.2 Å². The fraction of sp³-hybridized carbons (Fsp3) is 0.462. The third-order valence-corrected chi connectivity index (χ3v) is 3.23. The third kappa shape index (κ3) is 2.57. The van der Waals surface area contributed by atoms with Gasteiger partial charge in [-0.3, -0.25) is 0 Å². The lowest BCUT2D eigenvalue weighted by Crippen LogP contribution is -2.29. The van der Waals surface area contributed by atoms with Gasteiger partial charge in [-0.1, -0.05) is 12.1 Å². The third-order valence-electron chi connectivity index (χ3n) is 3.23. The summed E-state index contributed by atoms with van der Waals surface area (Å²) >= 11 is 0. The van der Waals surface area contributed by atoms with Gasteiger partial charge in [0.2, 0.25) is 6.08 Å². The van der Waals surface area contributed by atoms with E-state index in [-0.39, 0.29) is 0 Å². The molecule has 0 radical (unpaired) electrons. The van der Waals surface area contributed by atoms with Crippen molar-refractivity contribution in [3.05, 3.63) is 29.8 Å². The molecule has 0 aliphatic carbocycles. The maximum atomic E-state index is 10.2. The summed E-state index contributed by atoms with van der Waals surface area (Å²) < 4.78 is 0. The number of isocyanates is 1. The van der Waals surface area contributed by atoms with Crippen LogP contribution < -0.4 is 0 Å². The summed E-state index contributed by atoms with van der Waals surface area (Å²) in [5, 5.41) is 0. The zero-order chi connectivity index (χ0) is 11.4. The van der Waals surface area contributed by atoms with E-state index in [1.165, 1.54) is 18.4 Å². The average molecular weight is 216 g/mol. The molecule has 0 saturated carbocycles. The largest absolute Gasteiger partial charge is 0.306 e. The molecule has 3 nitrogen and oxygen atoms in total. The second-order valence-electron chi connectivity index (χ2n) is 4.38. The Labute approximate surface area is 95.8 Å². The molecule has 1 aromatic rings. The zero-order valence-corrected chi connectivity index (χ0v) is 9.52. The summed E-state index contributed by atoms with van der Waals surface area (Å²) in [6, 6.07) is 7.92. The molecule has 1 fully saturated rings. The second-order valence-corrected chi connectivity index (χ2v) is 4.38. The molecule has 1 aromatic carbocycles. The highest BCUT2D eigenvalue weighted by Gasteiger charge is 2.18. The average Bonchev–Trinajstić information content (AvgIpc) is 2.31. The molecule has 1 aliphatic rings. The SMILES string of the molecule is CN1CCC(c2cccc(N=C=O)c2)CC1. The Morgan fingerprint density at radius 1 is 1.38 bits per heavy atom. The molecular formula is C13H16N2O. The molecule has 16 heavy (non-hydrogen) atoms. The highest BCUT2D eigenvalue weighted by Crippen LogP contribution is 2.29. The van der Waals surface area contributed by atoms with Gasteiger partial charge in [0, 0.05) is 0 Å². The zero-order valence-electron chi connectivity index (χ0n) is 9.52. The molecule has 1 saturated heterocycles. The Morgan fingerprint density at radius 3 is 2.81 bits per heavy atom. The topological polar surface area (TPSA) is 32.7 Å². The second kappa shape index (κ2) is 5.06. The van der Waals surface area contributed by atoms with Crippen molar-refractivity contribution in [3.8, 4) is 0 Å². The lowest BCUT2D eigenvalue weighted by Gasteiger charge is -2.29. The number of carbonyl (C=O) groups excluding carboxylic acids is 1. The molecule has 0 spiro atoms. The highest BCUT2D eigenvalue weighted by molar-refractivity contribution is 5.50. The van der Waals surface area contributed by atoms with Gasteiger partial charge in [-0.15, -0.1) is 0 Å². The molecule has 0 amide bonds. The van der Waals surface area contributed by atoms with E-state index in [1.54, 1.807) is 6.08 Å². The molecule has 3 heteroatoms. The number of benzene rings is 1. The normalized spacial score (nSPS) is 18.1. The molecule has 0 N–H and O–H groups in total. The number of nitrogens with zero attached hydrogens (tertiary/aromatic N) is 2. The van der Waals surface area contributed by atoms with E-state index in [4.69, 9.17) is 0 Å². The maximum Gasteiger partial charge on any atom is 0.240 e. The van der Waals surface area contributed by atoms with Crippen molar-refractivity contribution < 1.29 is 4.79 Å². The summed E-state index contributed by atoms with van der Waals surface area (Å²) in [6.45, 7) is 2.29. The van der Waals surface area contributed by atoms with Gasteiger partial charge in [0.1, 0.15) is 0 Å². The van der Waals surface area contributed by atoms with E-state index in [9.17, 15) is 4.79 Å². The minimum atomic E-state index is 0.609. The van der Waals surface area contributed by atoms with E-state index >= 15 is 0 Å². The summed E-state index contributed by atoms with van der Waals surface area (Å²) in [7, 11) is 2.16. The number of likely N-dealkylation sites (tertiary alicyclic amines) is 1. The Morgan fingerprint density at radius 2 is 2.12 bits per heavy atom. The standard InChI is InChI=1S/C13H16N2O/c1-15-7-5-11(6-8-15)12-3-2-4-13(9-12)14-10-16/h2-4,9,11H,5-8H2,1H3. The number of rotatable bonds is 2. The van der Waals surface area contributed by atoms with Crippen LogP contribution in [0.25, 0.3) is 0 Å². The van der Waals surface area contributed by atoms with Gasteiger partial charge in [-0.05, 0) is 56.6 Å². The van der Waals surface area contributed by atoms with Crippen LogP contribution in [0.2, 0.25) is 0 Å². The lowest BCUT2D eigenvalue weighted by atomic mass is 9.89. The number of hydrogen-bond acceptors (Lipinski definition) is 3. The first-order valence-corrected chi connectivity index (χ1v) is 5.66. The van der Waals surface area contributed by atoms with Crippen molar-refractivity contribution in [2.75, 3.05) is 20.1 Å². The summed E-state index contributed by atoms with van der Waals surface area (Å²) in [5.74, 6) is 0.609. The van der Waals surface area contributed by atoms with Crippen LogP contribution in [0.5, 0.6) is 0 Å². The first-order valence-electron chi connectivity index (χ1n) is 5.66. The van der Waals surface area contributed by atoms with Crippen LogP contribution in [-0.4, -0.2) is 31.1 Å². The van der Waals surface area contributed by atoms with Gasteiger partial charge < -0.3 is 4.90 Å². The fourth-order valence-electron chi connectivity index (χ4n) is 2.24. The molecule has 0 bridgehead atoms. The smallest absolute Gasteiger partial charge is 0.240 e. The van der Waals surface area contributed by atoms with Gasteiger partial charge in [0.15, 0.2) is 0 Å². The quantitative estimate of drug-likeness (QED) is 0.562. The molecule has 84 valence electrons. The van der Waals surface area contributed by atoms with Crippen LogP contribution in [0.3, 0.4) is 0 Å². The van der Waals surface area contributed by atoms with E-state index in [0.717, 1.165) is 13.1 Å². The number of piperidine rings is 1. The molecular weight excluding hydrogens is 200 g/mol. The number of hydrogen-bond donors (Lipinski definition) is 0. The van der Waals surface area contributed by atoms with E-state index in [2.05, 4.69) is 23.0 Å². The molecule has 0 atom stereocenters. The molecule has 1 heterocycles. The molecule has 2 rings (SSSR count). The summed E-state index contributed by atoms with van der Waals surface area (Å²) in [4.78, 5) is 16.2.